The Labute approximate surface area is 319 Å². The maximum absolute atomic E-state index is 12.1. The van der Waals surface area contributed by atoms with Gasteiger partial charge in [0, 0.05) is 38.8 Å². The number of carbonyl (C=O) groups excluding carboxylic acids is 2. The van der Waals surface area contributed by atoms with Crippen LogP contribution in [-0.4, -0.2) is 35.1 Å². The largest absolute Gasteiger partial charge is 0.512 e. The van der Waals surface area contributed by atoms with Crippen molar-refractivity contribution in [3.05, 3.63) is 96.6 Å². The first-order valence-corrected chi connectivity index (χ1v) is 20.7. The normalized spacial score (nSPS) is 13.0. The quantitative estimate of drug-likeness (QED) is 0.0297. The van der Waals surface area contributed by atoms with Gasteiger partial charge >= 0.3 is 0 Å². The highest BCUT2D eigenvalue weighted by Gasteiger charge is 2.01. The van der Waals surface area contributed by atoms with E-state index in [1.54, 1.807) is 0 Å². The van der Waals surface area contributed by atoms with Crippen LogP contribution in [0.4, 0.5) is 0 Å². The van der Waals surface area contributed by atoms with Gasteiger partial charge in [-0.1, -0.05) is 125 Å². The van der Waals surface area contributed by atoms with E-state index in [1.807, 2.05) is 24.3 Å². The Bertz CT molecular complexity index is 1010. The van der Waals surface area contributed by atoms with Gasteiger partial charge in [0.2, 0.25) is 11.8 Å². The van der Waals surface area contributed by atoms with Gasteiger partial charge in [0.05, 0.1) is 11.5 Å². The van der Waals surface area contributed by atoms with Crippen molar-refractivity contribution in [1.82, 2.24) is 10.6 Å². The predicted molar refractivity (Wildman–Crippen MR) is 224 cm³/mol. The molecule has 4 N–H and O–H groups in total. The summed E-state index contributed by atoms with van der Waals surface area (Å²) in [4.78, 5) is 24.1. The summed E-state index contributed by atoms with van der Waals surface area (Å²) in [5, 5.41) is 25.9. The van der Waals surface area contributed by atoms with E-state index in [4.69, 9.17) is 0 Å². The van der Waals surface area contributed by atoms with Gasteiger partial charge in [-0.25, -0.2) is 0 Å². The molecule has 0 saturated heterocycles. The summed E-state index contributed by atoms with van der Waals surface area (Å²) in [5.41, 5.74) is 0. The molecule has 2 amide bonds. The lowest BCUT2D eigenvalue weighted by molar-refractivity contribution is -0.122. The van der Waals surface area contributed by atoms with Crippen LogP contribution in [0.15, 0.2) is 96.6 Å². The lowest BCUT2D eigenvalue weighted by Gasteiger charge is -2.06. The summed E-state index contributed by atoms with van der Waals surface area (Å²) in [6.45, 7) is 5.84. The van der Waals surface area contributed by atoms with Crippen LogP contribution in [0.2, 0.25) is 0 Å². The van der Waals surface area contributed by atoms with E-state index in [2.05, 4.69) is 85.2 Å². The maximum atomic E-state index is 12.1. The fourth-order valence-electron chi connectivity index (χ4n) is 5.21. The molecule has 294 valence electrons. The number of amides is 2. The van der Waals surface area contributed by atoms with E-state index < -0.39 is 0 Å². The first-order valence-electron chi connectivity index (χ1n) is 20.7. The highest BCUT2D eigenvalue weighted by Crippen LogP contribution is 2.07. The molecular formula is C46H76N2O4. The van der Waals surface area contributed by atoms with Gasteiger partial charge in [0.15, 0.2) is 0 Å². The van der Waals surface area contributed by atoms with Crippen LogP contribution in [0.5, 0.6) is 0 Å². The third-order valence-electron chi connectivity index (χ3n) is 8.42. The highest BCUT2D eigenvalue weighted by atomic mass is 16.3. The second kappa shape index (κ2) is 40.2. The number of rotatable bonds is 35. The zero-order valence-corrected chi connectivity index (χ0v) is 33.2. The van der Waals surface area contributed by atoms with Crippen LogP contribution in [0.1, 0.15) is 168 Å². The van der Waals surface area contributed by atoms with Crippen molar-refractivity contribution in [1.29, 1.82) is 0 Å². The molecule has 0 aliphatic heterocycles. The number of aliphatic hydroxyl groups excluding tert-OH is 2. The molecule has 0 aliphatic carbocycles. The highest BCUT2D eigenvalue weighted by molar-refractivity contribution is 5.76. The van der Waals surface area contributed by atoms with Crippen molar-refractivity contribution in [2.75, 3.05) is 13.1 Å². The zero-order chi connectivity index (χ0) is 38.0. The summed E-state index contributed by atoms with van der Waals surface area (Å²) in [5.74, 6) is 1.06. The van der Waals surface area contributed by atoms with Gasteiger partial charge < -0.3 is 20.8 Å². The number of hydrogen-bond donors (Lipinski definition) is 4. The van der Waals surface area contributed by atoms with E-state index in [1.165, 1.54) is 38.5 Å². The fraction of sp³-hybridized carbons (Fsp3) is 0.609. The fourth-order valence-corrected chi connectivity index (χ4v) is 5.21. The third-order valence-corrected chi connectivity index (χ3v) is 8.42. The maximum Gasteiger partial charge on any atom is 0.220 e. The van der Waals surface area contributed by atoms with Crippen molar-refractivity contribution < 1.29 is 19.8 Å². The molecule has 6 nitrogen and oxygen atoms in total. The zero-order valence-electron chi connectivity index (χ0n) is 33.2. The van der Waals surface area contributed by atoms with E-state index in [-0.39, 0.29) is 11.8 Å². The average Bonchev–Trinajstić information content (AvgIpc) is 3.13. The minimum atomic E-state index is 0.116. The molecule has 0 rings (SSSR count). The molecule has 6 heteroatoms. The molecule has 0 radical (unpaired) electrons. The van der Waals surface area contributed by atoms with Crippen molar-refractivity contribution in [3.8, 4) is 0 Å². The Kier molecular flexibility index (Phi) is 37.5. The van der Waals surface area contributed by atoms with E-state index in [0.29, 0.717) is 50.3 Å². The second-order valence-electron chi connectivity index (χ2n) is 13.5. The number of allylic oxidation sites excluding steroid dienone is 14. The topological polar surface area (TPSA) is 98.7 Å². The molecular weight excluding hydrogens is 645 g/mol. The molecule has 0 fully saturated rings. The summed E-state index contributed by atoms with van der Waals surface area (Å²) >= 11 is 0. The van der Waals surface area contributed by atoms with E-state index in [0.717, 1.165) is 89.9 Å². The van der Waals surface area contributed by atoms with Gasteiger partial charge in [0.1, 0.15) is 0 Å². The van der Waals surface area contributed by atoms with E-state index in [9.17, 15) is 19.8 Å². The lowest BCUT2D eigenvalue weighted by atomic mass is 10.1. The summed E-state index contributed by atoms with van der Waals surface area (Å²) < 4.78 is 0. The molecule has 0 aromatic heterocycles. The monoisotopic (exact) mass is 721 g/mol. The van der Waals surface area contributed by atoms with Crippen LogP contribution in [0, 0.1) is 0 Å². The molecule has 0 bridgehead atoms. The van der Waals surface area contributed by atoms with Crippen molar-refractivity contribution in [3.63, 3.8) is 0 Å². The van der Waals surface area contributed by atoms with Crippen molar-refractivity contribution in [2.45, 2.75) is 168 Å². The van der Waals surface area contributed by atoms with Crippen molar-refractivity contribution in [2.24, 2.45) is 0 Å². The summed E-state index contributed by atoms with van der Waals surface area (Å²) in [6, 6.07) is 0. The first kappa shape index (κ1) is 48.5. The Hall–Kier alpha value is -3.54. The van der Waals surface area contributed by atoms with Crippen LogP contribution in [0.25, 0.3) is 0 Å². The van der Waals surface area contributed by atoms with Gasteiger partial charge in [-0.3, -0.25) is 9.59 Å². The smallest absolute Gasteiger partial charge is 0.220 e. The molecule has 0 aromatic carbocycles. The Morgan fingerprint density at radius 1 is 0.423 bits per heavy atom. The molecule has 0 aliphatic rings. The van der Waals surface area contributed by atoms with Gasteiger partial charge in [-0.15, -0.1) is 0 Å². The number of unbranched alkanes of at least 4 members (excludes halogenated alkanes) is 11. The lowest BCUT2D eigenvalue weighted by Crippen LogP contribution is -2.24. The standard InChI is InChI=1S/C46H76N2O4/c1-3-5-7-9-13-19-27-35-43(49)37-29-21-15-11-17-23-31-39-45(51)47-41-33-25-26-34-42-48-46(52)40-32-24-18-12-16-22-30-38-44(50)36-28-20-14-10-8-6-4-2/h11-14,17-22,29-30,35-36,49-50H,3-10,15-16,23-28,31-34,37-42H2,1-2H3,(H,47,51)(H,48,52). The minimum Gasteiger partial charge on any atom is -0.512 e. The van der Waals surface area contributed by atoms with Crippen LogP contribution >= 0.6 is 0 Å². The molecule has 0 aromatic rings. The molecule has 52 heavy (non-hydrogen) atoms. The number of nitrogens with one attached hydrogen (secondary N) is 2. The Morgan fingerprint density at radius 2 is 0.788 bits per heavy atom. The minimum absolute atomic E-state index is 0.116. The predicted octanol–water partition coefficient (Wildman–Crippen LogP) is 12.8. The van der Waals surface area contributed by atoms with Crippen LogP contribution in [0.3, 0.4) is 0 Å². The number of aliphatic hydroxyl groups is 2. The third kappa shape index (κ3) is 39.2. The van der Waals surface area contributed by atoms with Crippen LogP contribution in [-0.2, 0) is 9.59 Å². The van der Waals surface area contributed by atoms with E-state index >= 15 is 0 Å². The average molecular weight is 721 g/mol. The molecule has 0 spiro atoms. The molecule has 0 unspecified atom stereocenters. The SMILES string of the molecule is CCCCCC=CCC=C(O)CC=CCC=CCCCC(=O)NCCCCCCNC(=O)CCCC=CCC=CCC(O)=CCC=CCCCCC. The second-order valence-corrected chi connectivity index (χ2v) is 13.5. The molecule has 0 atom stereocenters. The first-order chi connectivity index (χ1) is 25.5. The molecule has 0 heterocycles. The van der Waals surface area contributed by atoms with Gasteiger partial charge in [-0.05, 0) is 102 Å². The van der Waals surface area contributed by atoms with Gasteiger partial charge in [-0.2, -0.15) is 0 Å². The van der Waals surface area contributed by atoms with Gasteiger partial charge in [0.25, 0.3) is 0 Å². The Morgan fingerprint density at radius 3 is 1.19 bits per heavy atom. The Balaban J connectivity index is 3.61. The summed E-state index contributed by atoms with van der Waals surface area (Å²) in [6.07, 6.45) is 51.7. The molecule has 0 saturated carbocycles. The summed E-state index contributed by atoms with van der Waals surface area (Å²) in [7, 11) is 0. The number of carbonyl (C=O) groups is 2. The van der Waals surface area contributed by atoms with Crippen molar-refractivity contribution >= 4 is 11.8 Å². The van der Waals surface area contributed by atoms with Crippen LogP contribution < -0.4 is 10.6 Å². The number of hydrogen-bond acceptors (Lipinski definition) is 4.